The molecule has 2 aromatic rings. The molecular formula is C14H19N3O2. The number of nitrogens with two attached hydrogens (primary N) is 1. The highest BCUT2D eigenvalue weighted by molar-refractivity contribution is 5.94. The van der Waals surface area contributed by atoms with E-state index < -0.39 is 0 Å². The van der Waals surface area contributed by atoms with Crippen molar-refractivity contribution >= 4 is 11.6 Å². The van der Waals surface area contributed by atoms with Gasteiger partial charge in [0.05, 0.1) is 18.0 Å². The highest BCUT2D eigenvalue weighted by atomic mass is 16.3. The van der Waals surface area contributed by atoms with Gasteiger partial charge in [0.2, 0.25) is 0 Å². The topological polar surface area (TPSA) is 73.2 Å². The summed E-state index contributed by atoms with van der Waals surface area (Å²) in [5.41, 5.74) is 6.91. The molecule has 1 amide bonds. The van der Waals surface area contributed by atoms with Gasteiger partial charge in [-0.15, -0.1) is 0 Å². The fourth-order valence-corrected chi connectivity index (χ4v) is 1.99. The second kappa shape index (κ2) is 5.22. The molecule has 5 heteroatoms. The molecule has 0 bridgehead atoms. The largest absolute Gasteiger partial charge is 0.467 e. The summed E-state index contributed by atoms with van der Waals surface area (Å²) in [4.78, 5) is 12.3. The molecule has 5 nitrogen and oxygen atoms in total. The van der Waals surface area contributed by atoms with Crippen LogP contribution in [-0.4, -0.2) is 10.5 Å². The third-order valence-electron chi connectivity index (χ3n) is 2.98. The minimum atomic E-state index is -0.181. The molecule has 2 rings (SSSR count). The number of nitrogens with zero attached hydrogens (tertiary/aromatic N) is 1. The third-order valence-corrected chi connectivity index (χ3v) is 2.98. The molecule has 1 atom stereocenters. The number of amides is 1. The Morgan fingerprint density at radius 3 is 2.74 bits per heavy atom. The molecule has 0 radical (unpaired) electrons. The van der Waals surface area contributed by atoms with Crippen molar-refractivity contribution in [3.05, 3.63) is 42.1 Å². The zero-order chi connectivity index (χ0) is 14.0. The first-order valence-corrected chi connectivity index (χ1v) is 6.30. The van der Waals surface area contributed by atoms with Crippen LogP contribution < -0.4 is 11.1 Å². The quantitative estimate of drug-likeness (QED) is 0.888. The monoisotopic (exact) mass is 261 g/mol. The van der Waals surface area contributed by atoms with Crippen LogP contribution in [-0.2, 0) is 0 Å². The van der Waals surface area contributed by atoms with Crippen molar-refractivity contribution in [3.8, 4) is 0 Å². The molecule has 0 fully saturated rings. The summed E-state index contributed by atoms with van der Waals surface area (Å²) in [6, 6.07) is 5.31. The summed E-state index contributed by atoms with van der Waals surface area (Å²) >= 11 is 0. The van der Waals surface area contributed by atoms with Crippen molar-refractivity contribution < 1.29 is 9.21 Å². The molecule has 0 spiro atoms. The summed E-state index contributed by atoms with van der Waals surface area (Å²) in [5, 5.41) is 2.90. The Hall–Kier alpha value is -2.17. The summed E-state index contributed by atoms with van der Waals surface area (Å²) in [6.07, 6.45) is 3.37. The first-order valence-electron chi connectivity index (χ1n) is 6.30. The van der Waals surface area contributed by atoms with Crippen LogP contribution in [0.3, 0.4) is 0 Å². The number of aromatic nitrogens is 1. The SMILES string of the molecule is CC(NC(=O)c1cc(N)cn1C(C)C)c1ccco1. The third kappa shape index (κ3) is 2.81. The fraction of sp³-hybridized carbons (Fsp3) is 0.357. The van der Waals surface area contributed by atoms with E-state index in [9.17, 15) is 4.79 Å². The number of hydrogen-bond acceptors (Lipinski definition) is 3. The van der Waals surface area contributed by atoms with Crippen molar-refractivity contribution in [3.63, 3.8) is 0 Å². The molecule has 1 unspecified atom stereocenters. The average molecular weight is 261 g/mol. The van der Waals surface area contributed by atoms with E-state index >= 15 is 0 Å². The number of nitrogen functional groups attached to an aromatic ring is 1. The van der Waals surface area contributed by atoms with Crippen LogP contribution in [0.5, 0.6) is 0 Å². The van der Waals surface area contributed by atoms with Gasteiger partial charge in [0, 0.05) is 12.2 Å². The number of furan rings is 1. The van der Waals surface area contributed by atoms with Gasteiger partial charge >= 0.3 is 0 Å². The van der Waals surface area contributed by atoms with Crippen LogP contribution in [0.1, 0.15) is 49.1 Å². The molecule has 0 aliphatic rings. The van der Waals surface area contributed by atoms with Gasteiger partial charge in [0.15, 0.2) is 0 Å². The maximum atomic E-state index is 12.3. The van der Waals surface area contributed by atoms with E-state index in [2.05, 4.69) is 5.32 Å². The molecule has 2 aromatic heterocycles. The van der Waals surface area contributed by atoms with Crippen molar-refractivity contribution in [2.45, 2.75) is 32.9 Å². The molecular weight excluding hydrogens is 242 g/mol. The standard InChI is InChI=1S/C14H19N3O2/c1-9(2)17-8-11(15)7-12(17)14(18)16-10(3)13-5-4-6-19-13/h4-10H,15H2,1-3H3,(H,16,18). The van der Waals surface area contributed by atoms with Gasteiger partial charge in [0.25, 0.3) is 5.91 Å². The Morgan fingerprint density at radius 1 is 1.42 bits per heavy atom. The fourth-order valence-electron chi connectivity index (χ4n) is 1.99. The summed E-state index contributed by atoms with van der Waals surface area (Å²) in [6.45, 7) is 5.89. The number of nitrogens with one attached hydrogen (secondary N) is 1. The van der Waals surface area contributed by atoms with Crippen molar-refractivity contribution in [2.75, 3.05) is 5.73 Å². The number of hydrogen-bond donors (Lipinski definition) is 2. The second-order valence-electron chi connectivity index (χ2n) is 4.87. The van der Waals surface area contributed by atoms with Crippen LogP contribution in [0.15, 0.2) is 35.1 Å². The lowest BCUT2D eigenvalue weighted by Crippen LogP contribution is -2.28. The number of anilines is 1. The Labute approximate surface area is 112 Å². The Balaban J connectivity index is 2.16. The zero-order valence-electron chi connectivity index (χ0n) is 11.4. The smallest absolute Gasteiger partial charge is 0.268 e. The minimum absolute atomic E-state index is 0.158. The minimum Gasteiger partial charge on any atom is -0.467 e. The normalized spacial score (nSPS) is 12.6. The molecule has 0 saturated heterocycles. The predicted octanol–water partition coefficient (Wildman–Crippen LogP) is 2.74. The Kier molecular flexibility index (Phi) is 3.64. The lowest BCUT2D eigenvalue weighted by atomic mass is 10.2. The zero-order valence-corrected chi connectivity index (χ0v) is 11.4. The number of carbonyl (C=O) groups excluding carboxylic acids is 1. The Morgan fingerprint density at radius 2 is 2.16 bits per heavy atom. The van der Waals surface area contributed by atoms with Crippen LogP contribution >= 0.6 is 0 Å². The molecule has 0 aromatic carbocycles. The van der Waals surface area contributed by atoms with Gasteiger partial charge in [-0.25, -0.2) is 0 Å². The van der Waals surface area contributed by atoms with E-state index in [1.54, 1.807) is 24.6 Å². The van der Waals surface area contributed by atoms with Gasteiger partial charge in [0.1, 0.15) is 11.5 Å². The lowest BCUT2D eigenvalue weighted by Gasteiger charge is -2.15. The average Bonchev–Trinajstić information content (AvgIpc) is 2.96. The van der Waals surface area contributed by atoms with Crippen LogP contribution in [0, 0.1) is 0 Å². The highest BCUT2D eigenvalue weighted by Gasteiger charge is 2.18. The first kappa shape index (κ1) is 13.3. The maximum Gasteiger partial charge on any atom is 0.268 e. The van der Waals surface area contributed by atoms with Crippen molar-refractivity contribution in [1.82, 2.24) is 9.88 Å². The molecule has 3 N–H and O–H groups in total. The van der Waals surface area contributed by atoms with E-state index in [-0.39, 0.29) is 18.0 Å². The van der Waals surface area contributed by atoms with Gasteiger partial charge < -0.3 is 20.0 Å². The molecule has 2 heterocycles. The Bertz CT molecular complexity index is 555. The lowest BCUT2D eigenvalue weighted by molar-refractivity contribution is 0.0924. The molecule has 0 aliphatic carbocycles. The number of rotatable bonds is 4. The van der Waals surface area contributed by atoms with E-state index in [0.717, 1.165) is 5.76 Å². The maximum absolute atomic E-state index is 12.3. The van der Waals surface area contributed by atoms with Gasteiger partial charge in [-0.2, -0.15) is 0 Å². The summed E-state index contributed by atoms with van der Waals surface area (Å²) in [7, 11) is 0. The second-order valence-corrected chi connectivity index (χ2v) is 4.87. The van der Waals surface area contributed by atoms with E-state index in [1.165, 1.54) is 0 Å². The summed E-state index contributed by atoms with van der Waals surface area (Å²) in [5.74, 6) is 0.568. The molecule has 0 saturated carbocycles. The highest BCUT2D eigenvalue weighted by Crippen LogP contribution is 2.18. The van der Waals surface area contributed by atoms with Crippen molar-refractivity contribution in [1.29, 1.82) is 0 Å². The van der Waals surface area contributed by atoms with Crippen LogP contribution in [0.25, 0.3) is 0 Å². The number of carbonyl (C=O) groups is 1. The molecule has 102 valence electrons. The van der Waals surface area contributed by atoms with Crippen LogP contribution in [0.4, 0.5) is 5.69 Å². The first-order chi connectivity index (χ1) is 8.99. The van der Waals surface area contributed by atoms with E-state index in [0.29, 0.717) is 11.4 Å². The summed E-state index contributed by atoms with van der Waals surface area (Å²) < 4.78 is 7.13. The van der Waals surface area contributed by atoms with Crippen molar-refractivity contribution in [2.24, 2.45) is 0 Å². The molecule has 19 heavy (non-hydrogen) atoms. The van der Waals surface area contributed by atoms with Gasteiger partial charge in [-0.05, 0) is 39.0 Å². The van der Waals surface area contributed by atoms with E-state index in [1.807, 2.05) is 31.4 Å². The predicted molar refractivity (Wildman–Crippen MR) is 73.8 cm³/mol. The van der Waals surface area contributed by atoms with Gasteiger partial charge in [-0.1, -0.05) is 0 Å². The van der Waals surface area contributed by atoms with Crippen LogP contribution in [0.2, 0.25) is 0 Å². The van der Waals surface area contributed by atoms with Gasteiger partial charge in [-0.3, -0.25) is 4.79 Å². The van der Waals surface area contributed by atoms with E-state index in [4.69, 9.17) is 10.2 Å². The molecule has 0 aliphatic heterocycles.